The van der Waals surface area contributed by atoms with Crippen molar-refractivity contribution in [3.05, 3.63) is 29.8 Å². The molecule has 2 N–H and O–H groups in total. The molecule has 0 saturated carbocycles. The lowest BCUT2D eigenvalue weighted by atomic mass is 10.2. The Labute approximate surface area is 141 Å². The van der Waals surface area contributed by atoms with Gasteiger partial charge < -0.3 is 14.4 Å². The third-order valence-corrected chi connectivity index (χ3v) is 4.07. The highest BCUT2D eigenvalue weighted by molar-refractivity contribution is 7.89. The van der Waals surface area contributed by atoms with Crippen LogP contribution in [0.2, 0.25) is 0 Å². The lowest BCUT2D eigenvalue weighted by molar-refractivity contribution is -0.144. The molecular weight excluding hydrogens is 336 g/mol. The fraction of sp³-hybridized carbons (Fsp3) is 0.467. The van der Waals surface area contributed by atoms with Crippen LogP contribution >= 0.6 is 0 Å². The van der Waals surface area contributed by atoms with Crippen LogP contribution in [-0.4, -0.2) is 52.1 Å². The number of nitrogens with zero attached hydrogens (tertiary/aromatic N) is 1. The number of rotatable bonds is 9. The van der Waals surface area contributed by atoms with Crippen molar-refractivity contribution in [1.29, 1.82) is 0 Å². The number of esters is 1. The number of ether oxygens (including phenoxy) is 2. The van der Waals surface area contributed by atoms with Gasteiger partial charge in [-0.3, -0.25) is 9.59 Å². The number of benzene rings is 1. The Morgan fingerprint density at radius 1 is 1.21 bits per heavy atom. The van der Waals surface area contributed by atoms with Crippen LogP contribution in [0.25, 0.3) is 0 Å². The van der Waals surface area contributed by atoms with Crippen molar-refractivity contribution in [2.75, 3.05) is 26.9 Å². The normalized spacial score (nSPS) is 11.1. The largest absolute Gasteiger partial charge is 0.466 e. The summed E-state index contributed by atoms with van der Waals surface area (Å²) in [7, 11) is -2.36. The zero-order chi connectivity index (χ0) is 18.2. The van der Waals surface area contributed by atoms with Crippen LogP contribution in [0.5, 0.6) is 0 Å². The molecule has 0 bridgehead atoms. The molecule has 8 nitrogen and oxygen atoms in total. The van der Waals surface area contributed by atoms with E-state index in [2.05, 4.69) is 0 Å². The van der Waals surface area contributed by atoms with Gasteiger partial charge in [-0.25, -0.2) is 13.6 Å². The van der Waals surface area contributed by atoms with E-state index in [4.69, 9.17) is 14.6 Å². The maximum absolute atomic E-state index is 12.1. The molecule has 0 saturated heterocycles. The van der Waals surface area contributed by atoms with Crippen molar-refractivity contribution < 1.29 is 27.5 Å². The standard InChI is InChI=1S/C15H22N2O6S/c1-3-23-15(19)8-9-17(14(18)11-22-2)10-12-4-6-13(7-5-12)24(16,20)21/h4-7H,3,8-11H2,1-2H3,(H2,16,20,21). The number of carbonyl (C=O) groups excluding carboxylic acids is 2. The highest BCUT2D eigenvalue weighted by Gasteiger charge is 2.16. The molecule has 0 heterocycles. The Balaban J connectivity index is 2.80. The molecule has 134 valence electrons. The van der Waals surface area contributed by atoms with Gasteiger partial charge in [0, 0.05) is 20.2 Å². The van der Waals surface area contributed by atoms with E-state index in [1.54, 1.807) is 19.1 Å². The van der Waals surface area contributed by atoms with Crippen LogP contribution in [0.1, 0.15) is 18.9 Å². The van der Waals surface area contributed by atoms with Gasteiger partial charge in [0.15, 0.2) is 0 Å². The molecule has 0 radical (unpaired) electrons. The maximum Gasteiger partial charge on any atom is 0.307 e. The zero-order valence-electron chi connectivity index (χ0n) is 13.7. The van der Waals surface area contributed by atoms with Crippen molar-refractivity contribution in [3.63, 3.8) is 0 Å². The molecule has 0 aliphatic heterocycles. The van der Waals surface area contributed by atoms with Crippen molar-refractivity contribution in [2.45, 2.75) is 24.8 Å². The minimum absolute atomic E-state index is 0.00691. The summed E-state index contributed by atoms with van der Waals surface area (Å²) in [5.41, 5.74) is 0.704. The Hall–Kier alpha value is -1.97. The molecule has 0 aliphatic carbocycles. The minimum Gasteiger partial charge on any atom is -0.466 e. The van der Waals surface area contributed by atoms with E-state index >= 15 is 0 Å². The number of primary sulfonamides is 1. The molecule has 0 unspecified atom stereocenters. The molecule has 0 fully saturated rings. The van der Waals surface area contributed by atoms with E-state index in [1.165, 1.54) is 24.1 Å². The van der Waals surface area contributed by atoms with Crippen molar-refractivity contribution in [1.82, 2.24) is 4.90 Å². The number of carbonyl (C=O) groups is 2. The predicted octanol–water partition coefficient (Wildman–Crippen LogP) is 0.262. The quantitative estimate of drug-likeness (QED) is 0.633. The molecular formula is C15H22N2O6S. The second-order valence-corrected chi connectivity index (χ2v) is 6.55. The first-order valence-corrected chi connectivity index (χ1v) is 8.86. The topological polar surface area (TPSA) is 116 Å². The van der Waals surface area contributed by atoms with Gasteiger partial charge in [-0.15, -0.1) is 0 Å². The van der Waals surface area contributed by atoms with Crippen LogP contribution in [0, 0.1) is 0 Å². The third kappa shape index (κ3) is 6.65. The number of hydrogen-bond donors (Lipinski definition) is 1. The molecule has 1 aromatic rings. The minimum atomic E-state index is -3.76. The van der Waals surface area contributed by atoms with Gasteiger partial charge in [-0.1, -0.05) is 12.1 Å². The monoisotopic (exact) mass is 358 g/mol. The van der Waals surface area contributed by atoms with Crippen LogP contribution in [-0.2, 0) is 35.6 Å². The summed E-state index contributed by atoms with van der Waals surface area (Å²) in [6.45, 7) is 2.27. The summed E-state index contributed by atoms with van der Waals surface area (Å²) in [4.78, 5) is 25.0. The van der Waals surface area contributed by atoms with Crippen LogP contribution in [0.15, 0.2) is 29.2 Å². The van der Waals surface area contributed by atoms with Gasteiger partial charge >= 0.3 is 5.97 Å². The van der Waals surface area contributed by atoms with E-state index < -0.39 is 16.0 Å². The van der Waals surface area contributed by atoms with Gasteiger partial charge in [0.1, 0.15) is 6.61 Å². The summed E-state index contributed by atoms with van der Waals surface area (Å²) in [6.07, 6.45) is 0.0680. The first-order chi connectivity index (χ1) is 11.3. The van der Waals surface area contributed by atoms with Crippen molar-refractivity contribution >= 4 is 21.9 Å². The van der Waals surface area contributed by atoms with Crippen molar-refractivity contribution in [2.24, 2.45) is 5.14 Å². The Morgan fingerprint density at radius 2 is 1.83 bits per heavy atom. The number of amides is 1. The summed E-state index contributed by atoms with van der Waals surface area (Å²) in [5, 5.41) is 5.05. The predicted molar refractivity (Wildman–Crippen MR) is 86.4 cm³/mol. The van der Waals surface area contributed by atoms with Crippen LogP contribution in [0.3, 0.4) is 0 Å². The van der Waals surface area contributed by atoms with E-state index in [0.717, 1.165) is 0 Å². The lowest BCUT2D eigenvalue weighted by Gasteiger charge is -2.22. The Kier molecular flexibility index (Phi) is 7.83. The molecule has 0 atom stereocenters. The number of nitrogens with two attached hydrogens (primary N) is 1. The van der Waals surface area contributed by atoms with E-state index in [9.17, 15) is 18.0 Å². The Morgan fingerprint density at radius 3 is 2.33 bits per heavy atom. The summed E-state index contributed by atoms with van der Waals surface area (Å²) in [6, 6.07) is 5.87. The summed E-state index contributed by atoms with van der Waals surface area (Å²) in [5.74, 6) is -0.672. The zero-order valence-corrected chi connectivity index (χ0v) is 14.5. The van der Waals surface area contributed by atoms with E-state index in [0.29, 0.717) is 5.56 Å². The van der Waals surface area contributed by atoms with Gasteiger partial charge in [0.05, 0.1) is 17.9 Å². The first kappa shape index (κ1) is 20.1. The molecule has 24 heavy (non-hydrogen) atoms. The first-order valence-electron chi connectivity index (χ1n) is 7.32. The average molecular weight is 358 g/mol. The van der Waals surface area contributed by atoms with Crippen molar-refractivity contribution in [3.8, 4) is 0 Å². The maximum atomic E-state index is 12.1. The highest BCUT2D eigenvalue weighted by Crippen LogP contribution is 2.11. The number of hydrogen-bond acceptors (Lipinski definition) is 6. The molecule has 1 rings (SSSR count). The second-order valence-electron chi connectivity index (χ2n) is 4.99. The molecule has 0 spiro atoms. The van der Waals surface area contributed by atoms with Gasteiger partial charge in [0.2, 0.25) is 15.9 Å². The van der Waals surface area contributed by atoms with Gasteiger partial charge in [-0.05, 0) is 24.6 Å². The van der Waals surface area contributed by atoms with Crippen LogP contribution < -0.4 is 5.14 Å². The Bertz CT molecular complexity index is 657. The fourth-order valence-corrected chi connectivity index (χ4v) is 2.49. The molecule has 1 amide bonds. The second kappa shape index (κ2) is 9.36. The fourth-order valence-electron chi connectivity index (χ4n) is 1.97. The third-order valence-electron chi connectivity index (χ3n) is 3.14. The number of methoxy groups -OCH3 is 1. The van der Waals surface area contributed by atoms with E-state index in [1.807, 2.05) is 0 Å². The smallest absolute Gasteiger partial charge is 0.307 e. The highest BCUT2D eigenvalue weighted by atomic mass is 32.2. The van der Waals surface area contributed by atoms with E-state index in [-0.39, 0.29) is 43.5 Å². The summed E-state index contributed by atoms with van der Waals surface area (Å²) >= 11 is 0. The molecule has 9 heteroatoms. The van der Waals surface area contributed by atoms with Crippen LogP contribution in [0.4, 0.5) is 0 Å². The summed E-state index contributed by atoms with van der Waals surface area (Å²) < 4.78 is 32.2. The van der Waals surface area contributed by atoms with Gasteiger partial charge in [0.25, 0.3) is 0 Å². The SMILES string of the molecule is CCOC(=O)CCN(Cc1ccc(S(N)(=O)=O)cc1)C(=O)COC. The lowest BCUT2D eigenvalue weighted by Crippen LogP contribution is -2.35. The number of sulfonamides is 1. The molecule has 0 aliphatic rings. The van der Waals surface area contributed by atoms with Gasteiger partial charge in [-0.2, -0.15) is 0 Å². The molecule has 0 aromatic heterocycles. The average Bonchev–Trinajstić information content (AvgIpc) is 2.51. The molecule has 1 aromatic carbocycles.